The van der Waals surface area contributed by atoms with Crippen LogP contribution in [0.4, 0.5) is 10.1 Å². The lowest BCUT2D eigenvalue weighted by Gasteiger charge is -2.39. The molecule has 1 aliphatic heterocycles. The van der Waals surface area contributed by atoms with Crippen LogP contribution in [0.2, 0.25) is 0 Å². The summed E-state index contributed by atoms with van der Waals surface area (Å²) < 4.78 is 13.2. The Balaban J connectivity index is 1.62. The summed E-state index contributed by atoms with van der Waals surface area (Å²) in [4.78, 5) is 2.52. The Morgan fingerprint density at radius 1 is 0.840 bits per heavy atom. The molecule has 0 spiro atoms. The zero-order valence-electron chi connectivity index (χ0n) is 14.2. The number of hydrogen-bond donors (Lipinski definition) is 0. The summed E-state index contributed by atoms with van der Waals surface area (Å²) in [5.41, 5.74) is 5.36. The lowest BCUT2D eigenvalue weighted by molar-refractivity contribution is 0.544. The van der Waals surface area contributed by atoms with Gasteiger partial charge in [-0.1, -0.05) is 54.6 Å². The molecule has 1 unspecified atom stereocenters. The molecule has 0 saturated heterocycles. The first-order valence-electron chi connectivity index (χ1n) is 8.95. The second-order valence-corrected chi connectivity index (χ2v) is 6.66. The Morgan fingerprint density at radius 3 is 2.36 bits per heavy atom. The highest BCUT2D eigenvalue weighted by Gasteiger charge is 2.26. The Bertz CT molecular complexity index is 826. The van der Waals surface area contributed by atoms with Crippen LogP contribution in [0.15, 0.2) is 78.9 Å². The molecule has 0 N–H and O–H groups in total. The number of hydrogen-bond acceptors (Lipinski definition) is 1. The first-order chi connectivity index (χ1) is 12.3. The van der Waals surface area contributed by atoms with Crippen LogP contribution in [0.1, 0.15) is 29.2 Å². The SMILES string of the molecule is Fc1ccc(CCC2c3ccccc3CCN2c2ccccc2)cc1. The summed E-state index contributed by atoms with van der Waals surface area (Å²) in [5, 5.41) is 0. The standard InChI is InChI=1S/C23H22FN/c24-20-13-10-18(11-14-20)12-15-23-22-9-5-4-6-19(22)16-17-25(23)21-7-2-1-3-8-21/h1-11,13-14,23H,12,15-17H2. The molecule has 0 aliphatic carbocycles. The average Bonchev–Trinajstić information content (AvgIpc) is 2.68. The minimum absolute atomic E-state index is 0.169. The van der Waals surface area contributed by atoms with Crippen LogP contribution in [-0.4, -0.2) is 6.54 Å². The molecule has 126 valence electrons. The topological polar surface area (TPSA) is 3.24 Å². The van der Waals surface area contributed by atoms with Gasteiger partial charge in [0.2, 0.25) is 0 Å². The van der Waals surface area contributed by atoms with E-state index in [1.165, 1.54) is 22.4 Å². The number of anilines is 1. The normalized spacial score (nSPS) is 16.5. The third-order valence-electron chi connectivity index (χ3n) is 5.12. The Kier molecular flexibility index (Phi) is 4.51. The van der Waals surface area contributed by atoms with Gasteiger partial charge >= 0.3 is 0 Å². The summed E-state index contributed by atoms with van der Waals surface area (Å²) in [6.45, 7) is 1.04. The Morgan fingerprint density at radius 2 is 1.56 bits per heavy atom. The Hall–Kier alpha value is -2.61. The second kappa shape index (κ2) is 7.10. The van der Waals surface area contributed by atoms with Crippen molar-refractivity contribution in [3.63, 3.8) is 0 Å². The van der Waals surface area contributed by atoms with Gasteiger partial charge in [-0.2, -0.15) is 0 Å². The fraction of sp³-hybridized carbons (Fsp3) is 0.217. The maximum atomic E-state index is 13.2. The zero-order valence-corrected chi connectivity index (χ0v) is 14.2. The van der Waals surface area contributed by atoms with Crippen LogP contribution in [0.25, 0.3) is 0 Å². The lowest BCUT2D eigenvalue weighted by atomic mass is 9.88. The molecular weight excluding hydrogens is 309 g/mol. The number of para-hydroxylation sites is 1. The van der Waals surface area contributed by atoms with Crippen LogP contribution in [-0.2, 0) is 12.8 Å². The molecule has 3 aromatic rings. The van der Waals surface area contributed by atoms with Crippen LogP contribution in [0.5, 0.6) is 0 Å². The molecule has 0 amide bonds. The van der Waals surface area contributed by atoms with E-state index in [9.17, 15) is 4.39 Å². The average molecular weight is 331 g/mol. The number of benzene rings is 3. The van der Waals surface area contributed by atoms with Crippen molar-refractivity contribution in [1.29, 1.82) is 0 Å². The van der Waals surface area contributed by atoms with Crippen molar-refractivity contribution in [3.05, 3.63) is 101 Å². The van der Waals surface area contributed by atoms with Gasteiger partial charge in [-0.25, -0.2) is 4.39 Å². The predicted octanol–water partition coefficient (Wildman–Crippen LogP) is 5.56. The van der Waals surface area contributed by atoms with Crippen molar-refractivity contribution >= 4 is 5.69 Å². The molecular formula is C23H22FN. The summed E-state index contributed by atoms with van der Waals surface area (Å²) in [5.74, 6) is -0.169. The van der Waals surface area contributed by atoms with E-state index >= 15 is 0 Å². The predicted molar refractivity (Wildman–Crippen MR) is 101 cm³/mol. The monoisotopic (exact) mass is 331 g/mol. The molecule has 25 heavy (non-hydrogen) atoms. The largest absolute Gasteiger partial charge is 0.364 e. The summed E-state index contributed by atoms with van der Waals surface area (Å²) >= 11 is 0. The zero-order chi connectivity index (χ0) is 17.1. The van der Waals surface area contributed by atoms with Crippen LogP contribution in [0.3, 0.4) is 0 Å². The van der Waals surface area contributed by atoms with E-state index in [0.29, 0.717) is 6.04 Å². The van der Waals surface area contributed by atoms with Crippen molar-refractivity contribution in [3.8, 4) is 0 Å². The fourth-order valence-corrected chi connectivity index (χ4v) is 3.85. The molecule has 4 rings (SSSR count). The highest BCUT2D eigenvalue weighted by molar-refractivity contribution is 5.52. The number of fused-ring (bicyclic) bond motifs is 1. The number of nitrogens with zero attached hydrogens (tertiary/aromatic N) is 1. The quantitative estimate of drug-likeness (QED) is 0.605. The molecule has 1 atom stereocenters. The first-order valence-corrected chi connectivity index (χ1v) is 8.95. The van der Waals surface area contributed by atoms with Gasteiger partial charge in [-0.15, -0.1) is 0 Å². The summed E-state index contributed by atoms with van der Waals surface area (Å²) in [6.07, 6.45) is 3.05. The second-order valence-electron chi connectivity index (χ2n) is 6.66. The van der Waals surface area contributed by atoms with Gasteiger partial charge in [0, 0.05) is 12.2 Å². The van der Waals surface area contributed by atoms with Crippen LogP contribution in [0, 0.1) is 5.82 Å². The van der Waals surface area contributed by atoms with Gasteiger partial charge in [-0.05, 0) is 60.2 Å². The maximum Gasteiger partial charge on any atom is 0.123 e. The molecule has 0 bridgehead atoms. The summed E-state index contributed by atoms with van der Waals surface area (Å²) in [7, 11) is 0. The van der Waals surface area contributed by atoms with Crippen LogP contribution < -0.4 is 4.90 Å². The van der Waals surface area contributed by atoms with Crippen molar-refractivity contribution < 1.29 is 4.39 Å². The van der Waals surface area contributed by atoms with Gasteiger partial charge in [-0.3, -0.25) is 0 Å². The number of aryl methyl sites for hydroxylation is 1. The first kappa shape index (κ1) is 15.9. The maximum absolute atomic E-state index is 13.2. The smallest absolute Gasteiger partial charge is 0.123 e. The Labute approximate surface area is 148 Å². The highest BCUT2D eigenvalue weighted by Crippen LogP contribution is 2.36. The molecule has 1 aliphatic rings. The molecule has 0 aromatic heterocycles. The third-order valence-corrected chi connectivity index (χ3v) is 5.12. The van der Waals surface area contributed by atoms with Gasteiger partial charge in [0.05, 0.1) is 6.04 Å². The molecule has 1 heterocycles. The molecule has 2 heteroatoms. The van der Waals surface area contributed by atoms with E-state index in [2.05, 4.69) is 59.5 Å². The van der Waals surface area contributed by atoms with E-state index in [-0.39, 0.29) is 5.82 Å². The highest BCUT2D eigenvalue weighted by atomic mass is 19.1. The van der Waals surface area contributed by atoms with Crippen LogP contribution >= 0.6 is 0 Å². The van der Waals surface area contributed by atoms with E-state index in [1.807, 2.05) is 12.1 Å². The molecule has 1 nitrogen and oxygen atoms in total. The van der Waals surface area contributed by atoms with Crippen molar-refractivity contribution in [2.45, 2.75) is 25.3 Å². The lowest BCUT2D eigenvalue weighted by Crippen LogP contribution is -2.35. The minimum atomic E-state index is -0.169. The molecule has 0 radical (unpaired) electrons. The van der Waals surface area contributed by atoms with E-state index in [4.69, 9.17) is 0 Å². The number of rotatable bonds is 4. The van der Waals surface area contributed by atoms with E-state index in [0.717, 1.165) is 25.8 Å². The van der Waals surface area contributed by atoms with Gasteiger partial charge in [0.15, 0.2) is 0 Å². The molecule has 3 aromatic carbocycles. The van der Waals surface area contributed by atoms with E-state index in [1.54, 1.807) is 12.1 Å². The molecule has 0 fully saturated rings. The summed E-state index contributed by atoms with van der Waals surface area (Å²) in [6, 6.07) is 26.7. The van der Waals surface area contributed by atoms with Crippen molar-refractivity contribution in [2.24, 2.45) is 0 Å². The van der Waals surface area contributed by atoms with E-state index < -0.39 is 0 Å². The van der Waals surface area contributed by atoms with Crippen molar-refractivity contribution in [2.75, 3.05) is 11.4 Å². The number of halogens is 1. The fourth-order valence-electron chi connectivity index (χ4n) is 3.85. The van der Waals surface area contributed by atoms with Gasteiger partial charge in [0.25, 0.3) is 0 Å². The van der Waals surface area contributed by atoms with Gasteiger partial charge < -0.3 is 4.90 Å². The third kappa shape index (κ3) is 3.43. The minimum Gasteiger partial charge on any atom is -0.364 e. The van der Waals surface area contributed by atoms with Crippen molar-refractivity contribution in [1.82, 2.24) is 0 Å². The van der Waals surface area contributed by atoms with Gasteiger partial charge in [0.1, 0.15) is 5.82 Å². The molecule has 0 saturated carbocycles.